The van der Waals surface area contributed by atoms with Crippen molar-refractivity contribution in [1.29, 1.82) is 0 Å². The standard InChI is InChI=1S/C25H30FN7O/c26-20-6-10-22(11-7-20)31-16-13-30(14-17-31)15-18-33(24(34)19-4-8-21(27)9-5-19)25-29-28-23-3-1-2-12-32(23)25/h4-11H,1-3,12-18,27H2. The van der Waals surface area contributed by atoms with Crippen LogP contribution >= 0.6 is 0 Å². The maximum Gasteiger partial charge on any atom is 0.260 e. The van der Waals surface area contributed by atoms with E-state index in [1.54, 1.807) is 29.2 Å². The minimum Gasteiger partial charge on any atom is -0.399 e. The van der Waals surface area contributed by atoms with E-state index >= 15 is 0 Å². The molecule has 0 radical (unpaired) electrons. The molecule has 2 aliphatic heterocycles. The number of hydrogen-bond acceptors (Lipinski definition) is 6. The first-order valence-electron chi connectivity index (χ1n) is 11.9. The van der Waals surface area contributed by atoms with Crippen molar-refractivity contribution in [3.05, 3.63) is 65.7 Å². The second-order valence-corrected chi connectivity index (χ2v) is 8.91. The highest BCUT2D eigenvalue weighted by molar-refractivity contribution is 6.05. The van der Waals surface area contributed by atoms with Gasteiger partial charge in [0.15, 0.2) is 0 Å². The van der Waals surface area contributed by atoms with Crippen LogP contribution in [0.4, 0.5) is 21.7 Å². The Kier molecular flexibility index (Phi) is 6.44. The number of nitrogen functional groups attached to an aromatic ring is 1. The van der Waals surface area contributed by atoms with Crippen molar-refractivity contribution in [3.63, 3.8) is 0 Å². The monoisotopic (exact) mass is 463 g/mol. The number of rotatable bonds is 6. The van der Waals surface area contributed by atoms with Crippen LogP contribution in [-0.2, 0) is 13.0 Å². The minimum absolute atomic E-state index is 0.0919. The molecule has 0 aliphatic carbocycles. The second-order valence-electron chi connectivity index (χ2n) is 8.91. The smallest absolute Gasteiger partial charge is 0.260 e. The molecular formula is C25H30FN7O. The predicted octanol–water partition coefficient (Wildman–Crippen LogP) is 2.80. The zero-order valence-electron chi connectivity index (χ0n) is 19.2. The number of anilines is 3. The maximum atomic E-state index is 13.5. The number of nitrogens with zero attached hydrogens (tertiary/aromatic N) is 6. The first-order chi connectivity index (χ1) is 16.6. The zero-order valence-corrected chi connectivity index (χ0v) is 19.2. The molecule has 0 spiro atoms. The molecule has 2 aliphatic rings. The summed E-state index contributed by atoms with van der Waals surface area (Å²) in [4.78, 5) is 19.9. The lowest BCUT2D eigenvalue weighted by molar-refractivity contribution is 0.0980. The Morgan fingerprint density at radius 2 is 1.68 bits per heavy atom. The summed E-state index contributed by atoms with van der Waals surface area (Å²) in [6.45, 7) is 5.56. The van der Waals surface area contributed by atoms with Crippen LogP contribution in [0.3, 0.4) is 0 Å². The topological polar surface area (TPSA) is 83.5 Å². The van der Waals surface area contributed by atoms with E-state index in [4.69, 9.17) is 5.73 Å². The number of fused-ring (bicyclic) bond motifs is 1. The van der Waals surface area contributed by atoms with E-state index in [9.17, 15) is 9.18 Å². The first kappa shape index (κ1) is 22.3. The fourth-order valence-corrected chi connectivity index (χ4v) is 4.69. The molecule has 3 heterocycles. The van der Waals surface area contributed by atoms with Gasteiger partial charge in [-0.3, -0.25) is 19.2 Å². The maximum absolute atomic E-state index is 13.5. The number of aromatic nitrogens is 3. The number of carbonyl (C=O) groups excluding carboxylic acids is 1. The van der Waals surface area contributed by atoms with Crippen LogP contribution in [0, 0.1) is 5.82 Å². The van der Waals surface area contributed by atoms with Crippen molar-refractivity contribution in [2.24, 2.45) is 0 Å². The quantitative estimate of drug-likeness (QED) is 0.566. The Bertz CT molecular complexity index is 1120. The van der Waals surface area contributed by atoms with Gasteiger partial charge in [-0.05, 0) is 61.4 Å². The molecule has 0 unspecified atom stereocenters. The SMILES string of the molecule is Nc1ccc(C(=O)N(CCN2CCN(c3ccc(F)cc3)CC2)c2nnc3n2CCCC3)cc1. The summed E-state index contributed by atoms with van der Waals surface area (Å²) >= 11 is 0. The lowest BCUT2D eigenvalue weighted by atomic mass is 10.1. The fourth-order valence-electron chi connectivity index (χ4n) is 4.69. The molecule has 1 saturated heterocycles. The Hall–Kier alpha value is -3.46. The summed E-state index contributed by atoms with van der Waals surface area (Å²) in [5.41, 5.74) is 8.08. The molecule has 9 heteroatoms. The molecule has 5 rings (SSSR count). The van der Waals surface area contributed by atoms with Gasteiger partial charge in [0.25, 0.3) is 5.91 Å². The van der Waals surface area contributed by atoms with Gasteiger partial charge in [-0.25, -0.2) is 4.39 Å². The molecule has 1 fully saturated rings. The molecular weight excluding hydrogens is 433 g/mol. The van der Waals surface area contributed by atoms with Crippen LogP contribution in [-0.4, -0.2) is 64.8 Å². The average Bonchev–Trinajstić information content (AvgIpc) is 3.29. The molecule has 178 valence electrons. The van der Waals surface area contributed by atoms with E-state index in [1.807, 2.05) is 12.1 Å². The van der Waals surface area contributed by atoms with Gasteiger partial charge < -0.3 is 10.6 Å². The molecule has 0 bridgehead atoms. The number of carbonyl (C=O) groups is 1. The van der Waals surface area contributed by atoms with Crippen molar-refractivity contribution < 1.29 is 9.18 Å². The Labute approximate surface area is 198 Å². The van der Waals surface area contributed by atoms with Gasteiger partial charge in [-0.1, -0.05) is 0 Å². The molecule has 2 N–H and O–H groups in total. The van der Waals surface area contributed by atoms with Crippen LogP contribution in [0.25, 0.3) is 0 Å². The number of amides is 1. The highest BCUT2D eigenvalue weighted by atomic mass is 19.1. The number of halogens is 1. The van der Waals surface area contributed by atoms with Gasteiger partial charge in [0.2, 0.25) is 5.95 Å². The Balaban J connectivity index is 1.28. The number of nitrogens with two attached hydrogens (primary N) is 1. The fraction of sp³-hybridized carbons (Fsp3) is 0.400. The van der Waals surface area contributed by atoms with Crippen LogP contribution in [0.1, 0.15) is 29.0 Å². The van der Waals surface area contributed by atoms with Crippen molar-refractivity contribution >= 4 is 23.2 Å². The van der Waals surface area contributed by atoms with Crippen LogP contribution in [0.2, 0.25) is 0 Å². The molecule has 34 heavy (non-hydrogen) atoms. The van der Waals surface area contributed by atoms with Gasteiger partial charge in [0, 0.05) is 69.2 Å². The molecule has 0 atom stereocenters. The normalized spacial score (nSPS) is 16.3. The first-order valence-corrected chi connectivity index (χ1v) is 11.9. The lowest BCUT2D eigenvalue weighted by Gasteiger charge is -2.37. The van der Waals surface area contributed by atoms with Gasteiger partial charge in [0.05, 0.1) is 0 Å². The largest absolute Gasteiger partial charge is 0.399 e. The van der Waals surface area contributed by atoms with E-state index in [2.05, 4.69) is 24.6 Å². The number of benzene rings is 2. The highest BCUT2D eigenvalue weighted by Gasteiger charge is 2.27. The number of aryl methyl sites for hydroxylation is 1. The van der Waals surface area contributed by atoms with Crippen molar-refractivity contribution in [1.82, 2.24) is 19.7 Å². The van der Waals surface area contributed by atoms with Gasteiger partial charge in [0.1, 0.15) is 11.6 Å². The van der Waals surface area contributed by atoms with E-state index in [0.717, 1.165) is 70.0 Å². The third-order valence-corrected chi connectivity index (χ3v) is 6.69. The molecule has 3 aromatic rings. The van der Waals surface area contributed by atoms with Crippen LogP contribution < -0.4 is 15.5 Å². The van der Waals surface area contributed by atoms with Crippen LogP contribution in [0.15, 0.2) is 48.5 Å². The predicted molar refractivity (Wildman–Crippen MR) is 131 cm³/mol. The third kappa shape index (κ3) is 4.75. The summed E-state index contributed by atoms with van der Waals surface area (Å²) in [5.74, 6) is 1.26. The molecule has 8 nitrogen and oxygen atoms in total. The van der Waals surface area contributed by atoms with Crippen molar-refractivity contribution in [2.45, 2.75) is 25.8 Å². The summed E-state index contributed by atoms with van der Waals surface area (Å²) in [7, 11) is 0. The summed E-state index contributed by atoms with van der Waals surface area (Å²) in [6, 6.07) is 13.7. The van der Waals surface area contributed by atoms with Gasteiger partial charge >= 0.3 is 0 Å². The molecule has 1 aromatic heterocycles. The van der Waals surface area contributed by atoms with Crippen molar-refractivity contribution in [3.8, 4) is 0 Å². The summed E-state index contributed by atoms with van der Waals surface area (Å²) in [6.07, 6.45) is 3.05. The van der Waals surface area contributed by atoms with Crippen molar-refractivity contribution in [2.75, 3.05) is 54.8 Å². The molecule has 0 saturated carbocycles. The van der Waals surface area contributed by atoms with Gasteiger partial charge in [-0.15, -0.1) is 10.2 Å². The summed E-state index contributed by atoms with van der Waals surface area (Å²) in [5, 5.41) is 8.79. The second kappa shape index (κ2) is 9.80. The molecule has 2 aromatic carbocycles. The molecule has 1 amide bonds. The van der Waals surface area contributed by atoms with E-state index < -0.39 is 0 Å². The Morgan fingerprint density at radius 3 is 2.41 bits per heavy atom. The highest BCUT2D eigenvalue weighted by Crippen LogP contribution is 2.23. The van der Waals surface area contributed by atoms with E-state index in [1.165, 1.54) is 12.1 Å². The third-order valence-electron chi connectivity index (χ3n) is 6.69. The number of hydrogen-bond donors (Lipinski definition) is 1. The van der Waals surface area contributed by atoms with E-state index in [0.29, 0.717) is 23.7 Å². The van der Waals surface area contributed by atoms with Crippen LogP contribution in [0.5, 0.6) is 0 Å². The summed E-state index contributed by atoms with van der Waals surface area (Å²) < 4.78 is 15.3. The van der Waals surface area contributed by atoms with E-state index in [-0.39, 0.29) is 11.7 Å². The number of piperazine rings is 1. The zero-order chi connectivity index (χ0) is 23.5. The average molecular weight is 464 g/mol. The minimum atomic E-state index is -0.219. The Morgan fingerprint density at radius 1 is 0.941 bits per heavy atom. The van der Waals surface area contributed by atoms with Gasteiger partial charge in [-0.2, -0.15) is 0 Å². The lowest BCUT2D eigenvalue weighted by Crippen LogP contribution is -2.49.